The summed E-state index contributed by atoms with van der Waals surface area (Å²) in [6, 6.07) is 4.28. The molecule has 1 saturated heterocycles. The topological polar surface area (TPSA) is 41.1 Å². The van der Waals surface area contributed by atoms with Gasteiger partial charge in [-0.3, -0.25) is 4.79 Å². The third-order valence-corrected chi connectivity index (χ3v) is 4.25. The van der Waals surface area contributed by atoms with Gasteiger partial charge < -0.3 is 10.6 Å². The SMILES string of the molecule is O=C(Cc1ccc(Br)s1)NC1CCCNC1. The van der Waals surface area contributed by atoms with Crippen LogP contribution in [0.3, 0.4) is 0 Å². The van der Waals surface area contributed by atoms with Gasteiger partial charge in [0.15, 0.2) is 0 Å². The first-order chi connectivity index (χ1) is 7.74. The van der Waals surface area contributed by atoms with E-state index in [1.165, 1.54) is 0 Å². The maximum atomic E-state index is 11.7. The van der Waals surface area contributed by atoms with E-state index in [4.69, 9.17) is 0 Å². The molecule has 5 heteroatoms. The van der Waals surface area contributed by atoms with E-state index in [0.717, 1.165) is 34.6 Å². The molecule has 2 N–H and O–H groups in total. The zero-order chi connectivity index (χ0) is 11.4. The minimum absolute atomic E-state index is 0.128. The van der Waals surface area contributed by atoms with E-state index in [0.29, 0.717) is 12.5 Å². The number of hydrogen-bond acceptors (Lipinski definition) is 3. The van der Waals surface area contributed by atoms with Gasteiger partial charge in [0.1, 0.15) is 0 Å². The lowest BCUT2D eigenvalue weighted by Gasteiger charge is -2.23. The summed E-state index contributed by atoms with van der Waals surface area (Å²) in [5, 5.41) is 6.36. The second-order valence-electron chi connectivity index (χ2n) is 3.99. The summed E-state index contributed by atoms with van der Waals surface area (Å²) in [5.74, 6) is 0.128. The van der Waals surface area contributed by atoms with E-state index in [2.05, 4.69) is 26.6 Å². The maximum absolute atomic E-state index is 11.7. The molecule has 1 unspecified atom stereocenters. The van der Waals surface area contributed by atoms with Gasteiger partial charge in [-0.25, -0.2) is 0 Å². The van der Waals surface area contributed by atoms with Crippen LogP contribution in [-0.4, -0.2) is 25.0 Å². The van der Waals surface area contributed by atoms with Crippen LogP contribution in [-0.2, 0) is 11.2 Å². The Morgan fingerprint density at radius 2 is 2.50 bits per heavy atom. The highest BCUT2D eigenvalue weighted by Gasteiger charge is 2.15. The molecule has 2 rings (SSSR count). The molecule has 3 nitrogen and oxygen atoms in total. The van der Waals surface area contributed by atoms with Crippen molar-refractivity contribution in [3.8, 4) is 0 Å². The standard InChI is InChI=1S/C11H15BrN2OS/c12-10-4-3-9(16-10)6-11(15)14-8-2-1-5-13-7-8/h3-4,8,13H,1-2,5-7H2,(H,14,15). The fourth-order valence-electron chi connectivity index (χ4n) is 1.86. The molecule has 1 aliphatic rings. The minimum atomic E-state index is 0.128. The van der Waals surface area contributed by atoms with E-state index < -0.39 is 0 Å². The first-order valence-corrected chi connectivity index (χ1v) is 7.09. The molecule has 1 aromatic heterocycles. The number of halogens is 1. The molecular weight excluding hydrogens is 288 g/mol. The van der Waals surface area contributed by atoms with Crippen molar-refractivity contribution in [1.29, 1.82) is 0 Å². The highest BCUT2D eigenvalue weighted by molar-refractivity contribution is 9.11. The lowest BCUT2D eigenvalue weighted by Crippen LogP contribution is -2.46. The van der Waals surface area contributed by atoms with Gasteiger partial charge in [-0.05, 0) is 47.4 Å². The van der Waals surface area contributed by atoms with Crippen LogP contribution in [0.25, 0.3) is 0 Å². The van der Waals surface area contributed by atoms with Crippen LogP contribution in [0.4, 0.5) is 0 Å². The number of nitrogens with one attached hydrogen (secondary N) is 2. The number of hydrogen-bond donors (Lipinski definition) is 2. The molecule has 0 bridgehead atoms. The molecule has 0 aromatic carbocycles. The summed E-state index contributed by atoms with van der Waals surface area (Å²) in [4.78, 5) is 12.8. The average molecular weight is 303 g/mol. The lowest BCUT2D eigenvalue weighted by molar-refractivity contribution is -0.121. The van der Waals surface area contributed by atoms with Crippen LogP contribution in [0, 0.1) is 0 Å². The van der Waals surface area contributed by atoms with Crippen molar-refractivity contribution < 1.29 is 4.79 Å². The van der Waals surface area contributed by atoms with Gasteiger partial charge in [0.25, 0.3) is 0 Å². The molecule has 0 saturated carbocycles. The second kappa shape index (κ2) is 5.80. The van der Waals surface area contributed by atoms with Crippen LogP contribution in [0.5, 0.6) is 0 Å². The minimum Gasteiger partial charge on any atom is -0.352 e. The van der Waals surface area contributed by atoms with Gasteiger partial charge in [0.2, 0.25) is 5.91 Å². The molecule has 1 aromatic rings. The molecule has 1 fully saturated rings. The van der Waals surface area contributed by atoms with Gasteiger partial charge in [-0.15, -0.1) is 11.3 Å². The Balaban J connectivity index is 1.79. The summed E-state index contributed by atoms with van der Waals surface area (Å²) in [6.45, 7) is 1.98. The Bertz CT molecular complexity index is 361. The van der Waals surface area contributed by atoms with Crippen LogP contribution in [0.1, 0.15) is 17.7 Å². The van der Waals surface area contributed by atoms with Crippen molar-refractivity contribution in [1.82, 2.24) is 10.6 Å². The molecule has 0 spiro atoms. The third-order valence-electron chi connectivity index (χ3n) is 2.63. The molecule has 1 amide bonds. The Labute approximate surface area is 108 Å². The van der Waals surface area contributed by atoms with Crippen molar-refractivity contribution in [2.24, 2.45) is 0 Å². The highest BCUT2D eigenvalue weighted by atomic mass is 79.9. The predicted octanol–water partition coefficient (Wildman–Crippen LogP) is 1.92. The summed E-state index contributed by atoms with van der Waals surface area (Å²) in [6.07, 6.45) is 2.73. The van der Waals surface area contributed by atoms with E-state index in [9.17, 15) is 4.79 Å². The van der Waals surface area contributed by atoms with Gasteiger partial charge in [0, 0.05) is 17.5 Å². The van der Waals surface area contributed by atoms with Crippen LogP contribution in [0.2, 0.25) is 0 Å². The van der Waals surface area contributed by atoms with Crippen molar-refractivity contribution in [3.63, 3.8) is 0 Å². The molecule has 2 heterocycles. The van der Waals surface area contributed by atoms with Gasteiger partial charge in [-0.2, -0.15) is 0 Å². The molecule has 1 atom stereocenters. The van der Waals surface area contributed by atoms with Gasteiger partial charge in [-0.1, -0.05) is 0 Å². The summed E-state index contributed by atoms with van der Waals surface area (Å²) >= 11 is 5.02. The Hall–Kier alpha value is -0.390. The first-order valence-electron chi connectivity index (χ1n) is 5.48. The third kappa shape index (κ3) is 3.57. The number of thiophene rings is 1. The maximum Gasteiger partial charge on any atom is 0.225 e. The fraction of sp³-hybridized carbons (Fsp3) is 0.545. The van der Waals surface area contributed by atoms with Crippen LogP contribution >= 0.6 is 27.3 Å². The van der Waals surface area contributed by atoms with E-state index in [1.807, 2.05) is 12.1 Å². The summed E-state index contributed by atoms with van der Waals surface area (Å²) in [5.41, 5.74) is 0. The zero-order valence-corrected chi connectivity index (χ0v) is 11.4. The van der Waals surface area contributed by atoms with Gasteiger partial charge in [0.05, 0.1) is 10.2 Å². The Morgan fingerprint density at radius 3 is 3.12 bits per heavy atom. The normalized spacial score (nSPS) is 20.7. The van der Waals surface area contributed by atoms with Crippen molar-refractivity contribution >= 4 is 33.2 Å². The van der Waals surface area contributed by atoms with E-state index in [-0.39, 0.29) is 5.91 Å². The smallest absolute Gasteiger partial charge is 0.225 e. The largest absolute Gasteiger partial charge is 0.352 e. The molecule has 1 aliphatic heterocycles. The number of carbonyl (C=O) groups excluding carboxylic acids is 1. The average Bonchev–Trinajstić information content (AvgIpc) is 2.65. The van der Waals surface area contributed by atoms with E-state index >= 15 is 0 Å². The fourth-order valence-corrected chi connectivity index (χ4v) is 3.34. The Morgan fingerprint density at radius 1 is 1.62 bits per heavy atom. The van der Waals surface area contributed by atoms with Crippen molar-refractivity contribution in [2.75, 3.05) is 13.1 Å². The number of piperidine rings is 1. The highest BCUT2D eigenvalue weighted by Crippen LogP contribution is 2.22. The molecule has 0 aliphatic carbocycles. The second-order valence-corrected chi connectivity index (χ2v) is 6.54. The van der Waals surface area contributed by atoms with Crippen LogP contribution in [0.15, 0.2) is 15.9 Å². The molecule has 16 heavy (non-hydrogen) atoms. The lowest BCUT2D eigenvalue weighted by atomic mass is 10.1. The van der Waals surface area contributed by atoms with Crippen molar-refractivity contribution in [2.45, 2.75) is 25.3 Å². The summed E-state index contributed by atoms with van der Waals surface area (Å²) < 4.78 is 1.08. The molecule has 88 valence electrons. The number of carbonyl (C=O) groups is 1. The van der Waals surface area contributed by atoms with Gasteiger partial charge >= 0.3 is 0 Å². The molecule has 0 radical (unpaired) electrons. The first kappa shape index (κ1) is 12.1. The number of amides is 1. The molecular formula is C11H15BrN2OS. The predicted molar refractivity (Wildman–Crippen MR) is 69.8 cm³/mol. The quantitative estimate of drug-likeness (QED) is 0.896. The Kier molecular flexibility index (Phi) is 4.37. The summed E-state index contributed by atoms with van der Waals surface area (Å²) in [7, 11) is 0. The van der Waals surface area contributed by atoms with Crippen molar-refractivity contribution in [3.05, 3.63) is 20.8 Å². The van der Waals surface area contributed by atoms with Crippen LogP contribution < -0.4 is 10.6 Å². The zero-order valence-electron chi connectivity index (χ0n) is 8.96. The van der Waals surface area contributed by atoms with E-state index in [1.54, 1.807) is 11.3 Å². The number of rotatable bonds is 3. The monoisotopic (exact) mass is 302 g/mol.